The molecule has 0 atom stereocenters. The number of aromatic amines is 1. The van der Waals surface area contributed by atoms with E-state index >= 15 is 0 Å². The molecular formula is C30H23Cl4N4O4P. The summed E-state index contributed by atoms with van der Waals surface area (Å²) in [5.41, 5.74) is 4.86. The standard InChI is InChI=1S/C15H11ClN2O.C15H12N2O2.Cl3OP/c1-19-11-6-4-10(5-7-11)13-9-14-12(15(16)18-13)3-2-8-17-14;1-19-11-6-4-10(5-7-11)13-9-14-12(15(18)17-13)3-2-8-16-14;1-5(2,3)4/h2-9H,1H3;2-9H,1H3,(H,17,18);. The van der Waals surface area contributed by atoms with Gasteiger partial charge in [-0.05, 0) is 124 Å². The molecule has 0 fully saturated rings. The Morgan fingerprint density at radius 3 is 1.74 bits per heavy atom. The molecular weight excluding hydrogens is 653 g/mol. The second kappa shape index (κ2) is 14.7. The largest absolute Gasteiger partial charge is 0.497 e. The van der Waals surface area contributed by atoms with Crippen molar-refractivity contribution in [2.24, 2.45) is 0 Å². The maximum absolute atomic E-state index is 12.0. The predicted octanol–water partition coefficient (Wildman–Crippen LogP) is 9.37. The lowest BCUT2D eigenvalue weighted by atomic mass is 10.1. The van der Waals surface area contributed by atoms with E-state index in [1.54, 1.807) is 38.7 Å². The SMILES string of the molecule is COc1ccc(-c2cc3ncccc3c(=O)[nH]2)cc1.COc1ccc(-c2cc3ncccc3c(Cl)n2)cc1.O=P(Cl)(Cl)Cl. The van der Waals surface area contributed by atoms with Gasteiger partial charge in [-0.2, -0.15) is 0 Å². The lowest BCUT2D eigenvalue weighted by molar-refractivity contribution is 0.415. The molecule has 220 valence electrons. The Kier molecular flexibility index (Phi) is 11.0. The van der Waals surface area contributed by atoms with Crippen LogP contribution in [0.25, 0.3) is 44.3 Å². The molecule has 0 aliphatic heterocycles. The average Bonchev–Trinajstić information content (AvgIpc) is 3.01. The van der Waals surface area contributed by atoms with Crippen LogP contribution in [0, 0.1) is 0 Å². The van der Waals surface area contributed by atoms with E-state index in [1.807, 2.05) is 72.8 Å². The Morgan fingerprint density at radius 2 is 1.21 bits per heavy atom. The quantitative estimate of drug-likeness (QED) is 0.147. The third kappa shape index (κ3) is 9.17. The van der Waals surface area contributed by atoms with E-state index < -0.39 is 5.20 Å². The molecule has 13 heteroatoms. The molecule has 4 heterocycles. The number of halogens is 4. The number of pyridine rings is 4. The van der Waals surface area contributed by atoms with Gasteiger partial charge in [-0.25, -0.2) is 4.98 Å². The summed E-state index contributed by atoms with van der Waals surface area (Å²) in [7, 11) is 3.26. The molecule has 0 saturated heterocycles. The van der Waals surface area contributed by atoms with Crippen molar-refractivity contribution in [1.29, 1.82) is 0 Å². The van der Waals surface area contributed by atoms with Crippen LogP contribution in [0.2, 0.25) is 5.15 Å². The zero-order chi connectivity index (χ0) is 31.0. The molecule has 0 spiro atoms. The molecule has 8 nitrogen and oxygen atoms in total. The second-order valence-corrected chi connectivity index (χ2v) is 15.7. The van der Waals surface area contributed by atoms with Crippen LogP contribution >= 0.6 is 50.5 Å². The molecule has 6 aromatic rings. The van der Waals surface area contributed by atoms with E-state index in [2.05, 4.69) is 53.7 Å². The number of aromatic nitrogens is 4. The second-order valence-electron chi connectivity index (χ2n) is 8.67. The minimum atomic E-state index is -3.22. The summed E-state index contributed by atoms with van der Waals surface area (Å²) in [4.78, 5) is 27.8. The minimum Gasteiger partial charge on any atom is -0.497 e. The zero-order valence-corrected chi connectivity index (χ0v) is 26.6. The van der Waals surface area contributed by atoms with Crippen molar-refractivity contribution in [1.82, 2.24) is 19.9 Å². The van der Waals surface area contributed by atoms with Crippen LogP contribution in [0.3, 0.4) is 0 Å². The topological polar surface area (TPSA) is 107 Å². The molecule has 0 bridgehead atoms. The molecule has 0 unspecified atom stereocenters. The first-order chi connectivity index (χ1) is 20.6. The van der Waals surface area contributed by atoms with Crippen LogP contribution in [0.5, 0.6) is 11.5 Å². The molecule has 1 N–H and O–H groups in total. The Bertz CT molecular complexity index is 1940. The molecule has 0 radical (unpaired) electrons. The Morgan fingerprint density at radius 1 is 0.721 bits per heavy atom. The Balaban J connectivity index is 0.000000171. The van der Waals surface area contributed by atoms with Gasteiger partial charge in [-0.1, -0.05) is 11.6 Å². The molecule has 0 saturated carbocycles. The van der Waals surface area contributed by atoms with E-state index in [9.17, 15) is 9.36 Å². The lowest BCUT2D eigenvalue weighted by Gasteiger charge is -2.06. The van der Waals surface area contributed by atoms with E-state index in [0.29, 0.717) is 16.1 Å². The number of H-pyrrole nitrogens is 1. The van der Waals surface area contributed by atoms with Crippen molar-refractivity contribution in [2.45, 2.75) is 0 Å². The van der Waals surface area contributed by atoms with Crippen molar-refractivity contribution in [3.63, 3.8) is 0 Å². The summed E-state index contributed by atoms with van der Waals surface area (Å²) in [6, 6.07) is 26.3. The predicted molar refractivity (Wildman–Crippen MR) is 176 cm³/mol. The number of hydrogen-bond acceptors (Lipinski definition) is 7. The summed E-state index contributed by atoms with van der Waals surface area (Å²) in [5, 5.41) is -1.29. The summed E-state index contributed by atoms with van der Waals surface area (Å²) in [5.74, 6) is 1.60. The molecule has 43 heavy (non-hydrogen) atoms. The van der Waals surface area contributed by atoms with Crippen LogP contribution in [0.1, 0.15) is 0 Å². The fourth-order valence-electron chi connectivity index (χ4n) is 3.96. The van der Waals surface area contributed by atoms with Crippen LogP contribution in [0.4, 0.5) is 0 Å². The summed E-state index contributed by atoms with van der Waals surface area (Å²) < 4.78 is 19.8. The maximum Gasteiger partial charge on any atom is 0.339 e. The van der Waals surface area contributed by atoms with Crippen LogP contribution < -0.4 is 15.0 Å². The van der Waals surface area contributed by atoms with Gasteiger partial charge in [-0.3, -0.25) is 19.3 Å². The van der Waals surface area contributed by atoms with Gasteiger partial charge in [0, 0.05) is 23.3 Å². The molecule has 6 rings (SSSR count). The van der Waals surface area contributed by atoms with Crippen LogP contribution in [-0.2, 0) is 4.57 Å². The summed E-state index contributed by atoms with van der Waals surface area (Å²) in [6.45, 7) is 0. The van der Waals surface area contributed by atoms with Gasteiger partial charge in [0.2, 0.25) is 0 Å². The van der Waals surface area contributed by atoms with Gasteiger partial charge < -0.3 is 14.5 Å². The maximum atomic E-state index is 12.0. The number of ether oxygens (including phenoxy) is 2. The molecule has 0 aliphatic carbocycles. The molecule has 0 aliphatic rings. The number of methoxy groups -OCH3 is 2. The Hall–Kier alpha value is -3.65. The first-order valence-electron chi connectivity index (χ1n) is 12.4. The third-order valence-corrected chi connectivity index (χ3v) is 6.24. The van der Waals surface area contributed by atoms with E-state index in [-0.39, 0.29) is 5.56 Å². The van der Waals surface area contributed by atoms with Crippen LogP contribution in [0.15, 0.2) is 102 Å². The first-order valence-corrected chi connectivity index (χ1v) is 17.2. The highest BCUT2D eigenvalue weighted by molar-refractivity contribution is 8.24. The van der Waals surface area contributed by atoms with Gasteiger partial charge in [-0.15, -0.1) is 0 Å². The highest BCUT2D eigenvalue weighted by Crippen LogP contribution is 2.61. The molecule has 0 amide bonds. The minimum absolute atomic E-state index is 0.128. The summed E-state index contributed by atoms with van der Waals surface area (Å²) >= 11 is 20.0. The van der Waals surface area contributed by atoms with Crippen LogP contribution in [-0.4, -0.2) is 34.2 Å². The first kappa shape index (κ1) is 32.3. The monoisotopic (exact) mass is 674 g/mol. The average molecular weight is 676 g/mol. The smallest absolute Gasteiger partial charge is 0.339 e. The van der Waals surface area contributed by atoms with E-state index in [4.69, 9.17) is 21.1 Å². The molecule has 4 aromatic heterocycles. The number of nitrogens with one attached hydrogen (secondary N) is 1. The fourth-order valence-corrected chi connectivity index (χ4v) is 4.21. The number of hydrogen-bond donors (Lipinski definition) is 1. The van der Waals surface area contributed by atoms with Crippen molar-refractivity contribution in [3.8, 4) is 34.0 Å². The summed E-state index contributed by atoms with van der Waals surface area (Å²) in [6.07, 6.45) is 3.43. The molecule has 2 aromatic carbocycles. The zero-order valence-electron chi connectivity index (χ0n) is 22.7. The normalized spacial score (nSPS) is 10.7. The van der Waals surface area contributed by atoms with E-state index in [0.717, 1.165) is 44.9 Å². The lowest BCUT2D eigenvalue weighted by Crippen LogP contribution is -2.07. The van der Waals surface area contributed by atoms with Gasteiger partial charge in [0.15, 0.2) is 0 Å². The highest BCUT2D eigenvalue weighted by atomic mass is 36.0. The van der Waals surface area contributed by atoms with Crippen molar-refractivity contribution in [2.75, 3.05) is 14.2 Å². The van der Waals surface area contributed by atoms with Crippen molar-refractivity contribution in [3.05, 3.63) is 113 Å². The number of fused-ring (bicyclic) bond motifs is 2. The number of nitrogens with zero attached hydrogens (tertiary/aromatic N) is 3. The fraction of sp³-hybridized carbons (Fsp3) is 0.0667. The number of benzene rings is 2. The van der Waals surface area contributed by atoms with Gasteiger partial charge in [0.05, 0.1) is 42.0 Å². The van der Waals surface area contributed by atoms with Crippen molar-refractivity contribution < 1.29 is 14.0 Å². The third-order valence-electron chi connectivity index (χ3n) is 5.95. The number of rotatable bonds is 4. The van der Waals surface area contributed by atoms with Gasteiger partial charge in [0.25, 0.3) is 5.56 Å². The van der Waals surface area contributed by atoms with E-state index in [1.165, 1.54) is 0 Å². The Labute approximate surface area is 266 Å². The highest BCUT2D eigenvalue weighted by Gasteiger charge is 2.07. The van der Waals surface area contributed by atoms with Crippen molar-refractivity contribution >= 4 is 72.3 Å². The van der Waals surface area contributed by atoms with Gasteiger partial charge >= 0.3 is 5.20 Å². The van der Waals surface area contributed by atoms with Gasteiger partial charge in [0.1, 0.15) is 16.7 Å².